The van der Waals surface area contributed by atoms with Crippen LogP contribution in [0.25, 0.3) is 0 Å². The summed E-state index contributed by atoms with van der Waals surface area (Å²) in [6, 6.07) is 0. The summed E-state index contributed by atoms with van der Waals surface area (Å²) in [5, 5.41) is 0. The second-order valence-corrected chi connectivity index (χ2v) is 2.61. The standard InChI is InChI=1S/C5H10O2.C4H8O2.4CH4/c1-4(2)5(6)7-3;1-3-4(5)6-2;;;;/h4H,1-3H3;3H2,1-2H3;4*1H4. The molecule has 0 aliphatic carbocycles. The smallest absolute Gasteiger partial charge is 0.308 e. The van der Waals surface area contributed by atoms with Gasteiger partial charge in [0.2, 0.25) is 0 Å². The molecule has 0 saturated carbocycles. The first-order valence-corrected chi connectivity index (χ1v) is 4.14. The minimum absolute atomic E-state index is 0. The molecule has 0 spiro atoms. The minimum Gasteiger partial charge on any atom is -0.469 e. The maximum absolute atomic E-state index is 10.3. The Hall–Kier alpha value is -1.06. The topological polar surface area (TPSA) is 52.6 Å². The van der Waals surface area contributed by atoms with E-state index in [2.05, 4.69) is 9.47 Å². The maximum atomic E-state index is 10.3. The Morgan fingerprint density at radius 3 is 1.29 bits per heavy atom. The highest BCUT2D eigenvalue weighted by Crippen LogP contribution is 1.91. The summed E-state index contributed by atoms with van der Waals surface area (Å²) in [6.45, 7) is 5.35. The van der Waals surface area contributed by atoms with E-state index in [1.54, 1.807) is 20.8 Å². The number of esters is 2. The highest BCUT2D eigenvalue weighted by atomic mass is 16.5. The van der Waals surface area contributed by atoms with E-state index < -0.39 is 0 Å². The number of hydrogen-bond acceptors (Lipinski definition) is 4. The Bertz CT molecular complexity index is 147. The highest BCUT2D eigenvalue weighted by Gasteiger charge is 2.03. The summed E-state index contributed by atoms with van der Waals surface area (Å²) in [5.41, 5.74) is 0. The lowest BCUT2D eigenvalue weighted by atomic mass is 10.2. The maximum Gasteiger partial charge on any atom is 0.308 e. The summed E-state index contributed by atoms with van der Waals surface area (Å²) in [4.78, 5) is 20.2. The fourth-order valence-electron chi connectivity index (χ4n) is 0.380. The largest absolute Gasteiger partial charge is 0.469 e. The van der Waals surface area contributed by atoms with Crippen molar-refractivity contribution in [2.45, 2.75) is 56.9 Å². The zero-order valence-corrected chi connectivity index (χ0v) is 8.92. The summed E-state index contributed by atoms with van der Waals surface area (Å²) >= 11 is 0. The second kappa shape index (κ2) is 24.3. The van der Waals surface area contributed by atoms with Crippen molar-refractivity contribution in [3.63, 3.8) is 0 Å². The van der Waals surface area contributed by atoms with E-state index in [0.29, 0.717) is 6.42 Å². The predicted molar refractivity (Wildman–Crippen MR) is 76.1 cm³/mol. The summed E-state index contributed by atoms with van der Waals surface area (Å²) in [6.07, 6.45) is 0.469. The first kappa shape index (κ1) is 36.0. The SMILES string of the molecule is C.C.C.C.CCC(=O)OC.COC(=O)C(C)C. The van der Waals surface area contributed by atoms with E-state index in [0.717, 1.165) is 0 Å². The monoisotopic (exact) mass is 254 g/mol. The van der Waals surface area contributed by atoms with E-state index in [1.165, 1.54) is 14.2 Å². The Balaban J connectivity index is -0.0000000290. The van der Waals surface area contributed by atoms with Crippen molar-refractivity contribution < 1.29 is 19.1 Å². The molecule has 0 saturated heterocycles. The van der Waals surface area contributed by atoms with Gasteiger partial charge in [0.15, 0.2) is 0 Å². The first-order valence-electron chi connectivity index (χ1n) is 4.14. The molecule has 0 aliphatic heterocycles. The normalized spacial score (nSPS) is 6.47. The number of ether oxygens (including phenoxy) is 2. The Morgan fingerprint density at radius 2 is 1.29 bits per heavy atom. The Labute approximate surface area is 109 Å². The van der Waals surface area contributed by atoms with Gasteiger partial charge in [0.05, 0.1) is 20.1 Å². The Morgan fingerprint density at radius 1 is 0.941 bits per heavy atom. The van der Waals surface area contributed by atoms with E-state index in [9.17, 15) is 9.59 Å². The van der Waals surface area contributed by atoms with Crippen LogP contribution in [0, 0.1) is 5.92 Å². The fraction of sp³-hybridized carbons (Fsp3) is 0.846. The lowest BCUT2D eigenvalue weighted by Crippen LogP contribution is -2.07. The molecule has 0 aromatic heterocycles. The fourth-order valence-corrected chi connectivity index (χ4v) is 0.380. The second-order valence-electron chi connectivity index (χ2n) is 2.61. The van der Waals surface area contributed by atoms with Crippen LogP contribution in [-0.4, -0.2) is 26.2 Å². The lowest BCUT2D eigenvalue weighted by molar-refractivity contribution is -0.144. The third-order valence-electron chi connectivity index (χ3n) is 1.19. The van der Waals surface area contributed by atoms with Crippen LogP contribution in [0.2, 0.25) is 0 Å². The molecule has 0 unspecified atom stereocenters. The molecule has 4 heteroatoms. The van der Waals surface area contributed by atoms with E-state index in [-0.39, 0.29) is 47.6 Å². The molecule has 0 bridgehead atoms. The van der Waals surface area contributed by atoms with Crippen LogP contribution in [0.4, 0.5) is 0 Å². The van der Waals surface area contributed by atoms with Crippen LogP contribution in [0.3, 0.4) is 0 Å². The predicted octanol–water partition coefficient (Wildman–Crippen LogP) is 3.93. The van der Waals surface area contributed by atoms with Crippen LogP contribution in [0.5, 0.6) is 0 Å². The van der Waals surface area contributed by atoms with Gasteiger partial charge < -0.3 is 9.47 Å². The molecule has 0 aromatic rings. The van der Waals surface area contributed by atoms with Gasteiger partial charge in [0.1, 0.15) is 0 Å². The Kier molecular flexibility index (Phi) is 51.4. The van der Waals surface area contributed by atoms with Crippen molar-refractivity contribution in [1.82, 2.24) is 0 Å². The van der Waals surface area contributed by atoms with Crippen LogP contribution in [0.15, 0.2) is 0 Å². The van der Waals surface area contributed by atoms with Crippen molar-refractivity contribution >= 4 is 11.9 Å². The van der Waals surface area contributed by atoms with E-state index in [4.69, 9.17) is 0 Å². The van der Waals surface area contributed by atoms with Gasteiger partial charge in [0.25, 0.3) is 0 Å². The number of carbonyl (C=O) groups excluding carboxylic acids is 2. The number of carbonyl (C=O) groups is 2. The van der Waals surface area contributed by atoms with Gasteiger partial charge in [-0.05, 0) is 0 Å². The molecule has 0 rings (SSSR count). The summed E-state index contributed by atoms with van der Waals surface area (Å²) in [7, 11) is 2.77. The van der Waals surface area contributed by atoms with Gasteiger partial charge in [-0.3, -0.25) is 9.59 Å². The molecule has 0 N–H and O–H groups in total. The quantitative estimate of drug-likeness (QED) is 0.701. The lowest BCUT2D eigenvalue weighted by Gasteiger charge is -1.97. The van der Waals surface area contributed by atoms with Crippen molar-refractivity contribution in [2.24, 2.45) is 5.92 Å². The molecule has 0 fully saturated rings. The van der Waals surface area contributed by atoms with Gasteiger partial charge in [-0.2, -0.15) is 0 Å². The van der Waals surface area contributed by atoms with E-state index in [1.807, 2.05) is 0 Å². The third-order valence-corrected chi connectivity index (χ3v) is 1.19. The summed E-state index contributed by atoms with van der Waals surface area (Å²) < 4.78 is 8.63. The van der Waals surface area contributed by atoms with Gasteiger partial charge in [-0.25, -0.2) is 0 Å². The number of methoxy groups -OCH3 is 2. The first-order chi connectivity index (χ1) is 5.99. The third kappa shape index (κ3) is 31.3. The molecule has 0 radical (unpaired) electrons. The van der Waals surface area contributed by atoms with Crippen LogP contribution >= 0.6 is 0 Å². The van der Waals surface area contributed by atoms with Gasteiger partial charge >= 0.3 is 11.9 Å². The van der Waals surface area contributed by atoms with Crippen LogP contribution in [-0.2, 0) is 19.1 Å². The van der Waals surface area contributed by atoms with Crippen LogP contribution in [0.1, 0.15) is 56.9 Å². The molecular weight excluding hydrogens is 220 g/mol. The molecule has 0 amide bonds. The average Bonchev–Trinajstić information content (AvgIpc) is 2.16. The molecule has 0 atom stereocenters. The molecule has 4 nitrogen and oxygen atoms in total. The molecule has 0 heterocycles. The molecule has 110 valence electrons. The molecule has 17 heavy (non-hydrogen) atoms. The van der Waals surface area contributed by atoms with Gasteiger partial charge in [-0.15, -0.1) is 0 Å². The highest BCUT2D eigenvalue weighted by molar-refractivity contribution is 5.71. The van der Waals surface area contributed by atoms with Crippen molar-refractivity contribution in [1.29, 1.82) is 0 Å². The zero-order valence-electron chi connectivity index (χ0n) is 8.92. The van der Waals surface area contributed by atoms with Crippen molar-refractivity contribution in [2.75, 3.05) is 14.2 Å². The zero-order chi connectivity index (χ0) is 10.9. The number of rotatable bonds is 2. The van der Waals surface area contributed by atoms with Crippen LogP contribution < -0.4 is 0 Å². The van der Waals surface area contributed by atoms with E-state index >= 15 is 0 Å². The van der Waals surface area contributed by atoms with Gasteiger partial charge in [0, 0.05) is 6.42 Å². The molecule has 0 aromatic carbocycles. The molecule has 0 aliphatic rings. The number of hydrogen-bond donors (Lipinski definition) is 0. The van der Waals surface area contributed by atoms with Gasteiger partial charge in [-0.1, -0.05) is 50.5 Å². The van der Waals surface area contributed by atoms with Crippen molar-refractivity contribution in [3.8, 4) is 0 Å². The van der Waals surface area contributed by atoms with Crippen molar-refractivity contribution in [3.05, 3.63) is 0 Å². The summed E-state index contributed by atoms with van der Waals surface area (Å²) in [5.74, 6) is -0.306. The minimum atomic E-state index is -0.157. The molecular formula is C13H34O4. The average molecular weight is 254 g/mol.